The van der Waals surface area contributed by atoms with Gasteiger partial charge in [0.15, 0.2) is 11.6 Å². The summed E-state index contributed by atoms with van der Waals surface area (Å²) in [5.74, 6) is 1.37. The van der Waals surface area contributed by atoms with Crippen LogP contribution in [-0.2, 0) is 0 Å². The third kappa shape index (κ3) is 5.90. The molecule has 0 amide bonds. The lowest BCUT2D eigenvalue weighted by atomic mass is 9.83. The summed E-state index contributed by atoms with van der Waals surface area (Å²) in [5.41, 5.74) is 11.7. The van der Waals surface area contributed by atoms with E-state index in [1.54, 1.807) is 0 Å². The molecule has 0 radical (unpaired) electrons. The molecule has 0 saturated carbocycles. The number of aromatic nitrogens is 2. The number of para-hydroxylation sites is 1. The lowest BCUT2D eigenvalue weighted by Gasteiger charge is -2.19. The lowest BCUT2D eigenvalue weighted by molar-refractivity contribution is 0.628. The number of hydrogen-bond donors (Lipinski definition) is 0. The Labute approximate surface area is 352 Å². The fraction of sp³-hybridized carbons (Fsp3) is 0. The third-order valence-electron chi connectivity index (χ3n) is 12.1. The number of fused-ring (bicyclic) bond motifs is 6. The zero-order valence-corrected chi connectivity index (χ0v) is 33.1. The van der Waals surface area contributed by atoms with E-state index >= 15 is 0 Å². The van der Waals surface area contributed by atoms with Crippen LogP contribution in [0.1, 0.15) is 0 Å². The minimum Gasteiger partial charge on any atom is -0.454 e. The van der Waals surface area contributed by atoms with Crippen molar-refractivity contribution in [2.45, 2.75) is 0 Å². The highest BCUT2D eigenvalue weighted by Crippen LogP contribution is 2.47. The predicted octanol–water partition coefficient (Wildman–Crippen LogP) is 15.8. The van der Waals surface area contributed by atoms with Crippen molar-refractivity contribution in [1.82, 2.24) is 9.97 Å². The van der Waals surface area contributed by atoms with E-state index in [0.717, 1.165) is 49.8 Å². The lowest BCUT2D eigenvalue weighted by Crippen LogP contribution is -1.96. The second-order valence-corrected chi connectivity index (χ2v) is 15.6. The van der Waals surface area contributed by atoms with Gasteiger partial charge in [-0.25, -0.2) is 9.97 Å². The Balaban J connectivity index is 1.01. The molecule has 0 unspecified atom stereocenters. The summed E-state index contributed by atoms with van der Waals surface area (Å²) >= 11 is 0. The van der Waals surface area contributed by atoms with Gasteiger partial charge in [0, 0.05) is 16.5 Å². The quantitative estimate of drug-likeness (QED) is 0.125. The number of rotatable bonds is 6. The Hall–Kier alpha value is -8.14. The van der Waals surface area contributed by atoms with E-state index in [-0.39, 0.29) is 0 Å². The van der Waals surface area contributed by atoms with E-state index in [1.807, 2.05) is 36.4 Å². The van der Waals surface area contributed by atoms with Crippen molar-refractivity contribution in [3.63, 3.8) is 0 Å². The Kier molecular flexibility index (Phi) is 8.17. The molecule has 2 aromatic heterocycles. The largest absolute Gasteiger partial charge is 0.454 e. The van der Waals surface area contributed by atoms with Crippen molar-refractivity contribution in [3.05, 3.63) is 218 Å². The van der Waals surface area contributed by atoms with Crippen molar-refractivity contribution < 1.29 is 4.42 Å². The number of benzene rings is 10. The summed E-state index contributed by atoms with van der Waals surface area (Å²) in [6.45, 7) is 0. The summed E-state index contributed by atoms with van der Waals surface area (Å²) in [6.07, 6.45) is 0. The Bertz CT molecular complexity index is 3590. The van der Waals surface area contributed by atoms with Gasteiger partial charge in [0.25, 0.3) is 0 Å². The van der Waals surface area contributed by atoms with Crippen LogP contribution in [0.4, 0.5) is 0 Å². The molecule has 0 spiro atoms. The average Bonchev–Trinajstić information content (AvgIpc) is 3.78. The average molecular weight is 777 g/mol. The summed E-state index contributed by atoms with van der Waals surface area (Å²) in [6, 6.07) is 77.7. The van der Waals surface area contributed by atoms with Gasteiger partial charge < -0.3 is 4.42 Å². The second-order valence-electron chi connectivity index (χ2n) is 15.6. The Morgan fingerprint density at radius 3 is 1.59 bits per heavy atom. The van der Waals surface area contributed by atoms with Gasteiger partial charge in [-0.3, -0.25) is 0 Å². The molecule has 0 saturated heterocycles. The van der Waals surface area contributed by atoms with Crippen molar-refractivity contribution in [2.24, 2.45) is 0 Å². The van der Waals surface area contributed by atoms with Gasteiger partial charge in [-0.05, 0) is 94.7 Å². The maximum absolute atomic E-state index is 6.34. The fourth-order valence-corrected chi connectivity index (χ4v) is 9.29. The molecule has 3 nitrogen and oxygen atoms in total. The first-order valence-electron chi connectivity index (χ1n) is 20.7. The van der Waals surface area contributed by atoms with Gasteiger partial charge >= 0.3 is 0 Å². The predicted molar refractivity (Wildman–Crippen MR) is 254 cm³/mol. The van der Waals surface area contributed by atoms with Crippen LogP contribution in [0.15, 0.2) is 223 Å². The minimum atomic E-state index is 0.655. The highest BCUT2D eigenvalue weighted by molar-refractivity contribution is 6.28. The normalized spacial score (nSPS) is 11.6. The molecule has 0 N–H and O–H groups in total. The maximum atomic E-state index is 6.34. The molecule has 0 aliphatic heterocycles. The maximum Gasteiger partial charge on any atom is 0.160 e. The minimum absolute atomic E-state index is 0.655. The molecular formula is C58H36N2O. The van der Waals surface area contributed by atoms with Crippen LogP contribution in [0.5, 0.6) is 0 Å². The second kappa shape index (κ2) is 14.3. The first-order valence-corrected chi connectivity index (χ1v) is 20.7. The van der Waals surface area contributed by atoms with E-state index in [0.29, 0.717) is 11.6 Å². The van der Waals surface area contributed by atoms with Crippen molar-refractivity contribution in [1.29, 1.82) is 0 Å². The standard InChI is InChI=1S/C58H36N2O/c1-3-16-39(17-4-1)56-49-25-13-12-24-48(49)55(50-32-31-37-15-7-9-21-44(37)57(50)56)40-29-27-38(28-30-40)43-33-34-47(46-23-11-10-22-45(43)46)51-36-52(54-35-42-20-8-14-26-53(42)61-54)60-58(59-51)41-18-5-2-6-19-41/h1-36H. The van der Waals surface area contributed by atoms with Crippen LogP contribution in [0.25, 0.3) is 122 Å². The van der Waals surface area contributed by atoms with E-state index in [9.17, 15) is 0 Å². The molecule has 0 aliphatic carbocycles. The summed E-state index contributed by atoms with van der Waals surface area (Å²) in [5, 5.41) is 10.9. The molecule has 0 fully saturated rings. The van der Waals surface area contributed by atoms with Gasteiger partial charge in [0.05, 0.1) is 5.69 Å². The van der Waals surface area contributed by atoms with E-state index in [1.165, 1.54) is 60.1 Å². The first-order chi connectivity index (χ1) is 30.2. The van der Waals surface area contributed by atoms with Gasteiger partial charge in [0.1, 0.15) is 11.3 Å². The number of nitrogens with zero attached hydrogens (tertiary/aromatic N) is 2. The molecule has 12 aromatic rings. The van der Waals surface area contributed by atoms with Crippen LogP contribution in [0.2, 0.25) is 0 Å². The van der Waals surface area contributed by atoms with Crippen LogP contribution in [0.3, 0.4) is 0 Å². The summed E-state index contributed by atoms with van der Waals surface area (Å²) < 4.78 is 6.34. The highest BCUT2D eigenvalue weighted by atomic mass is 16.3. The third-order valence-corrected chi connectivity index (χ3v) is 12.1. The topological polar surface area (TPSA) is 38.9 Å². The van der Waals surface area contributed by atoms with E-state index in [4.69, 9.17) is 14.4 Å². The van der Waals surface area contributed by atoms with Crippen molar-refractivity contribution in [2.75, 3.05) is 0 Å². The van der Waals surface area contributed by atoms with E-state index < -0.39 is 0 Å². The zero-order chi connectivity index (χ0) is 40.3. The zero-order valence-electron chi connectivity index (χ0n) is 33.1. The molecule has 61 heavy (non-hydrogen) atoms. The van der Waals surface area contributed by atoms with Gasteiger partial charge in [-0.1, -0.05) is 200 Å². The van der Waals surface area contributed by atoms with Gasteiger partial charge in [0.2, 0.25) is 0 Å². The Morgan fingerprint density at radius 1 is 0.311 bits per heavy atom. The van der Waals surface area contributed by atoms with Gasteiger partial charge in [-0.15, -0.1) is 0 Å². The molecule has 10 aromatic carbocycles. The van der Waals surface area contributed by atoms with Crippen LogP contribution < -0.4 is 0 Å². The molecule has 0 aliphatic rings. The van der Waals surface area contributed by atoms with Crippen LogP contribution in [-0.4, -0.2) is 9.97 Å². The summed E-state index contributed by atoms with van der Waals surface area (Å²) in [7, 11) is 0. The van der Waals surface area contributed by atoms with Crippen LogP contribution in [0, 0.1) is 0 Å². The smallest absolute Gasteiger partial charge is 0.160 e. The van der Waals surface area contributed by atoms with Crippen LogP contribution >= 0.6 is 0 Å². The number of hydrogen-bond acceptors (Lipinski definition) is 3. The Morgan fingerprint density at radius 2 is 0.852 bits per heavy atom. The molecule has 12 rings (SSSR count). The van der Waals surface area contributed by atoms with Gasteiger partial charge in [-0.2, -0.15) is 0 Å². The van der Waals surface area contributed by atoms with E-state index in [2.05, 4.69) is 182 Å². The monoisotopic (exact) mass is 776 g/mol. The van der Waals surface area contributed by atoms with Crippen molar-refractivity contribution >= 4 is 54.1 Å². The first kappa shape index (κ1) is 34.9. The SMILES string of the molecule is c1ccc(-c2nc(-c3cc4ccccc4o3)cc(-c3ccc(-c4ccc(-c5c6ccccc6c(-c6ccccc6)c6c5ccc5ccccc56)cc4)c4ccccc34)n2)cc1. The summed E-state index contributed by atoms with van der Waals surface area (Å²) in [4.78, 5) is 10.2. The highest BCUT2D eigenvalue weighted by Gasteiger charge is 2.20. The molecule has 2 heterocycles. The van der Waals surface area contributed by atoms with Crippen molar-refractivity contribution in [3.8, 4) is 67.5 Å². The molecule has 3 heteroatoms. The molecule has 0 bridgehead atoms. The molecule has 0 atom stereocenters. The fourth-order valence-electron chi connectivity index (χ4n) is 9.29. The molecular weight excluding hydrogens is 741 g/mol. The number of furan rings is 1. The molecule has 284 valence electrons.